The van der Waals surface area contributed by atoms with Gasteiger partial charge in [0.15, 0.2) is 5.82 Å². The van der Waals surface area contributed by atoms with Crippen LogP contribution in [0, 0.1) is 0 Å². The van der Waals surface area contributed by atoms with Crippen LogP contribution in [0.5, 0.6) is 0 Å². The third-order valence-corrected chi connectivity index (χ3v) is 0.829. The summed E-state index contributed by atoms with van der Waals surface area (Å²) in [5, 5.41) is 6.20. The van der Waals surface area contributed by atoms with Gasteiger partial charge >= 0.3 is 5.76 Å². The van der Waals surface area contributed by atoms with Gasteiger partial charge in [-0.15, -0.1) is 12.4 Å². The molecule has 0 atom stereocenters. The number of nitrogens with one attached hydrogen (secondary N) is 2. The molecule has 0 bridgehead atoms. The fourth-order valence-electron chi connectivity index (χ4n) is 0.504. The Kier molecular flexibility index (Phi) is 3.75. The second kappa shape index (κ2) is 4.08. The predicted octanol–water partition coefficient (Wildman–Crippen LogP) is -0.496. The Balaban J connectivity index is 0.000000810. The predicted molar refractivity (Wildman–Crippen MR) is 37.1 cm³/mol. The minimum Gasteiger partial charge on any atom is -0.313 e. The lowest BCUT2D eigenvalue weighted by Crippen LogP contribution is -2.07. The third kappa shape index (κ3) is 2.20. The van der Waals surface area contributed by atoms with Crippen molar-refractivity contribution < 1.29 is 4.52 Å². The summed E-state index contributed by atoms with van der Waals surface area (Å²) in [5.74, 6) is 0.00255. The molecular formula is C4H8ClN3O2. The summed E-state index contributed by atoms with van der Waals surface area (Å²) in [6, 6.07) is 0. The van der Waals surface area contributed by atoms with Gasteiger partial charge in [-0.1, -0.05) is 5.16 Å². The largest absolute Gasteiger partial charge is 0.438 e. The van der Waals surface area contributed by atoms with E-state index >= 15 is 0 Å². The first-order valence-corrected chi connectivity index (χ1v) is 2.52. The lowest BCUT2D eigenvalue weighted by atomic mass is 10.6. The molecule has 2 N–H and O–H groups in total. The molecule has 0 amide bonds. The highest BCUT2D eigenvalue weighted by molar-refractivity contribution is 5.85. The summed E-state index contributed by atoms with van der Waals surface area (Å²) in [6.07, 6.45) is 0. The molecule has 0 spiro atoms. The van der Waals surface area contributed by atoms with E-state index in [2.05, 4.69) is 20.0 Å². The number of hydrogen-bond acceptors (Lipinski definition) is 4. The molecule has 10 heavy (non-hydrogen) atoms. The van der Waals surface area contributed by atoms with Gasteiger partial charge in [0, 0.05) is 0 Å². The van der Waals surface area contributed by atoms with E-state index in [1.165, 1.54) is 0 Å². The van der Waals surface area contributed by atoms with Crippen molar-refractivity contribution in [2.24, 2.45) is 0 Å². The van der Waals surface area contributed by atoms with Gasteiger partial charge in [-0.2, -0.15) is 0 Å². The number of nitrogens with zero attached hydrogens (tertiary/aromatic N) is 1. The highest BCUT2D eigenvalue weighted by Crippen LogP contribution is 1.78. The van der Waals surface area contributed by atoms with E-state index in [9.17, 15) is 4.79 Å². The molecule has 5 nitrogen and oxygen atoms in total. The zero-order valence-corrected chi connectivity index (χ0v) is 6.20. The van der Waals surface area contributed by atoms with Crippen LogP contribution in [-0.2, 0) is 6.54 Å². The van der Waals surface area contributed by atoms with Crippen molar-refractivity contribution in [2.75, 3.05) is 7.05 Å². The second-order valence-corrected chi connectivity index (χ2v) is 1.57. The maximum atomic E-state index is 10.3. The number of hydrogen-bond donors (Lipinski definition) is 2. The third-order valence-electron chi connectivity index (χ3n) is 0.829. The number of H-pyrrole nitrogens is 1. The minimum absolute atomic E-state index is 0. The Labute approximate surface area is 63.2 Å². The van der Waals surface area contributed by atoms with Crippen molar-refractivity contribution in [2.45, 2.75) is 6.54 Å². The van der Waals surface area contributed by atoms with Gasteiger partial charge in [0.2, 0.25) is 0 Å². The number of halogens is 1. The average Bonchev–Trinajstić information content (AvgIpc) is 2.17. The quantitative estimate of drug-likeness (QED) is 0.620. The fourth-order valence-corrected chi connectivity index (χ4v) is 0.504. The molecule has 6 heteroatoms. The Morgan fingerprint density at radius 1 is 1.80 bits per heavy atom. The Morgan fingerprint density at radius 2 is 2.50 bits per heavy atom. The van der Waals surface area contributed by atoms with Crippen molar-refractivity contribution in [3.05, 3.63) is 16.4 Å². The summed E-state index contributed by atoms with van der Waals surface area (Å²) in [7, 11) is 1.76. The number of rotatable bonds is 2. The Bertz CT molecular complexity index is 230. The zero-order valence-electron chi connectivity index (χ0n) is 5.38. The van der Waals surface area contributed by atoms with Gasteiger partial charge in [-0.25, -0.2) is 4.79 Å². The van der Waals surface area contributed by atoms with Gasteiger partial charge in [0.25, 0.3) is 0 Å². The second-order valence-electron chi connectivity index (χ2n) is 1.57. The first-order valence-electron chi connectivity index (χ1n) is 2.52. The molecule has 0 aliphatic heterocycles. The molecule has 0 aliphatic rings. The van der Waals surface area contributed by atoms with Crippen LogP contribution >= 0.6 is 12.4 Å². The molecule has 0 unspecified atom stereocenters. The van der Waals surface area contributed by atoms with Gasteiger partial charge in [-0.05, 0) is 7.05 Å². The fraction of sp³-hybridized carbons (Fsp3) is 0.500. The molecule has 0 fully saturated rings. The van der Waals surface area contributed by atoms with Gasteiger partial charge in [-0.3, -0.25) is 9.51 Å². The van der Waals surface area contributed by atoms with Crippen LogP contribution < -0.4 is 11.1 Å². The van der Waals surface area contributed by atoms with Crippen LogP contribution in [0.1, 0.15) is 5.82 Å². The molecular weight excluding hydrogens is 158 g/mol. The average molecular weight is 166 g/mol. The van der Waals surface area contributed by atoms with E-state index in [0.717, 1.165) is 0 Å². The monoisotopic (exact) mass is 165 g/mol. The van der Waals surface area contributed by atoms with Crippen molar-refractivity contribution in [1.82, 2.24) is 15.5 Å². The molecule has 0 saturated carbocycles. The van der Waals surface area contributed by atoms with E-state index in [-0.39, 0.29) is 12.4 Å². The van der Waals surface area contributed by atoms with E-state index in [0.29, 0.717) is 12.4 Å². The summed E-state index contributed by atoms with van der Waals surface area (Å²) in [5.41, 5.74) is 0. The summed E-state index contributed by atoms with van der Waals surface area (Å²) in [4.78, 5) is 12.6. The SMILES string of the molecule is CNCc1noc(=O)[nH]1.Cl. The molecule has 0 radical (unpaired) electrons. The van der Waals surface area contributed by atoms with Gasteiger partial charge in [0.05, 0.1) is 6.54 Å². The Hall–Kier alpha value is -0.810. The lowest BCUT2D eigenvalue weighted by Gasteiger charge is -1.86. The van der Waals surface area contributed by atoms with Crippen molar-refractivity contribution >= 4 is 12.4 Å². The number of aromatic nitrogens is 2. The van der Waals surface area contributed by atoms with Crippen LogP contribution in [0.25, 0.3) is 0 Å². The van der Waals surface area contributed by atoms with Crippen molar-refractivity contribution in [3.8, 4) is 0 Å². The van der Waals surface area contributed by atoms with Crippen LogP contribution in [-0.4, -0.2) is 17.2 Å². The standard InChI is InChI=1S/C4H7N3O2.ClH/c1-5-2-3-6-4(8)9-7-3;/h5H,2H2,1H3,(H,6,7,8);1H. The molecule has 0 aromatic carbocycles. The highest BCUT2D eigenvalue weighted by Gasteiger charge is 1.95. The van der Waals surface area contributed by atoms with Crippen LogP contribution in [0.3, 0.4) is 0 Å². The first-order chi connectivity index (χ1) is 4.33. The summed E-state index contributed by atoms with van der Waals surface area (Å²) >= 11 is 0. The highest BCUT2D eigenvalue weighted by atomic mass is 35.5. The molecule has 1 aromatic heterocycles. The van der Waals surface area contributed by atoms with Crippen molar-refractivity contribution in [3.63, 3.8) is 0 Å². The molecule has 1 heterocycles. The van der Waals surface area contributed by atoms with Gasteiger partial charge in [0.1, 0.15) is 0 Å². The van der Waals surface area contributed by atoms with Gasteiger partial charge < -0.3 is 5.32 Å². The molecule has 58 valence electrons. The smallest absolute Gasteiger partial charge is 0.313 e. The topological polar surface area (TPSA) is 70.9 Å². The zero-order chi connectivity index (χ0) is 6.69. The van der Waals surface area contributed by atoms with Crippen LogP contribution in [0.2, 0.25) is 0 Å². The number of aromatic amines is 1. The molecule has 0 saturated heterocycles. The summed E-state index contributed by atoms with van der Waals surface area (Å²) < 4.78 is 4.22. The van der Waals surface area contributed by atoms with E-state index in [4.69, 9.17) is 0 Å². The van der Waals surface area contributed by atoms with Crippen LogP contribution in [0.15, 0.2) is 9.32 Å². The Morgan fingerprint density at radius 3 is 2.90 bits per heavy atom. The minimum atomic E-state index is -0.514. The molecule has 0 aliphatic carbocycles. The van der Waals surface area contributed by atoms with E-state index in [1.807, 2.05) is 0 Å². The molecule has 1 rings (SSSR count). The van der Waals surface area contributed by atoms with Crippen LogP contribution in [0.4, 0.5) is 0 Å². The maximum absolute atomic E-state index is 10.3. The molecule has 1 aromatic rings. The van der Waals surface area contributed by atoms with E-state index < -0.39 is 5.76 Å². The van der Waals surface area contributed by atoms with Crippen molar-refractivity contribution in [1.29, 1.82) is 0 Å². The summed E-state index contributed by atoms with van der Waals surface area (Å²) in [6.45, 7) is 0.520. The van der Waals surface area contributed by atoms with E-state index in [1.54, 1.807) is 7.05 Å². The first kappa shape index (κ1) is 9.19. The lowest BCUT2D eigenvalue weighted by molar-refractivity contribution is 0.380. The maximum Gasteiger partial charge on any atom is 0.438 e. The normalized spacial score (nSPS) is 8.90.